The highest BCUT2D eigenvalue weighted by molar-refractivity contribution is 9.09. The van der Waals surface area contributed by atoms with Crippen molar-refractivity contribution >= 4 is 15.9 Å². The van der Waals surface area contributed by atoms with Gasteiger partial charge in [0.1, 0.15) is 0 Å². The van der Waals surface area contributed by atoms with Gasteiger partial charge in [-0.15, -0.1) is 0 Å². The van der Waals surface area contributed by atoms with Gasteiger partial charge in [0.25, 0.3) is 0 Å². The Morgan fingerprint density at radius 1 is 0.895 bits per heavy atom. The molecule has 0 aliphatic heterocycles. The largest absolute Gasteiger partial charge is 0.302 e. The van der Waals surface area contributed by atoms with Crippen LogP contribution in [0.2, 0.25) is 0 Å². The van der Waals surface area contributed by atoms with Crippen molar-refractivity contribution in [3.05, 3.63) is 35.9 Å². The maximum Gasteiger partial charge on any atom is 0.0112 e. The van der Waals surface area contributed by atoms with Gasteiger partial charge in [-0.1, -0.05) is 74.0 Å². The Labute approximate surface area is 127 Å². The Morgan fingerprint density at radius 2 is 1.42 bits per heavy atom. The standard InChI is InChI=1S/C17H28BrN/c1-14(2)11-19(12-15(3)4)13-17(10-18)16-8-6-5-7-9-16/h5-9,14-15,17H,10-13H2,1-4H3. The van der Waals surface area contributed by atoms with Gasteiger partial charge in [0.2, 0.25) is 0 Å². The Hall–Kier alpha value is -0.340. The molecule has 0 aliphatic rings. The van der Waals surface area contributed by atoms with E-state index in [2.05, 4.69) is 78.9 Å². The van der Waals surface area contributed by atoms with Gasteiger partial charge in [0.05, 0.1) is 0 Å². The van der Waals surface area contributed by atoms with Gasteiger partial charge >= 0.3 is 0 Å². The summed E-state index contributed by atoms with van der Waals surface area (Å²) < 4.78 is 0. The molecule has 0 heterocycles. The van der Waals surface area contributed by atoms with Crippen LogP contribution in [-0.2, 0) is 0 Å². The molecule has 2 heteroatoms. The molecule has 0 saturated heterocycles. The van der Waals surface area contributed by atoms with Gasteiger partial charge < -0.3 is 4.90 Å². The van der Waals surface area contributed by atoms with Crippen LogP contribution >= 0.6 is 15.9 Å². The van der Waals surface area contributed by atoms with Gasteiger partial charge in [-0.2, -0.15) is 0 Å². The fourth-order valence-corrected chi connectivity index (χ4v) is 3.12. The first-order valence-corrected chi connectivity index (χ1v) is 8.48. The summed E-state index contributed by atoms with van der Waals surface area (Å²) >= 11 is 3.69. The SMILES string of the molecule is CC(C)CN(CC(C)C)CC(CBr)c1ccccc1. The van der Waals surface area contributed by atoms with Crippen molar-refractivity contribution in [3.63, 3.8) is 0 Å². The van der Waals surface area contributed by atoms with Crippen molar-refractivity contribution in [3.8, 4) is 0 Å². The highest BCUT2D eigenvalue weighted by atomic mass is 79.9. The van der Waals surface area contributed by atoms with Crippen LogP contribution < -0.4 is 0 Å². The highest BCUT2D eigenvalue weighted by Crippen LogP contribution is 2.20. The molecule has 0 fully saturated rings. The van der Waals surface area contributed by atoms with Gasteiger partial charge in [0, 0.05) is 30.9 Å². The van der Waals surface area contributed by atoms with Crippen LogP contribution in [0, 0.1) is 11.8 Å². The van der Waals surface area contributed by atoms with Crippen molar-refractivity contribution in [2.75, 3.05) is 25.0 Å². The Kier molecular flexibility index (Phi) is 7.70. The third kappa shape index (κ3) is 6.58. The van der Waals surface area contributed by atoms with Crippen LogP contribution in [0.25, 0.3) is 0 Å². The van der Waals surface area contributed by atoms with E-state index in [0.717, 1.165) is 23.7 Å². The first-order valence-electron chi connectivity index (χ1n) is 7.36. The van der Waals surface area contributed by atoms with Crippen molar-refractivity contribution < 1.29 is 0 Å². The van der Waals surface area contributed by atoms with E-state index in [1.807, 2.05) is 0 Å². The van der Waals surface area contributed by atoms with E-state index in [4.69, 9.17) is 0 Å². The maximum absolute atomic E-state index is 3.69. The highest BCUT2D eigenvalue weighted by Gasteiger charge is 2.16. The second-order valence-electron chi connectivity index (χ2n) is 6.27. The van der Waals surface area contributed by atoms with Crippen LogP contribution in [-0.4, -0.2) is 29.9 Å². The van der Waals surface area contributed by atoms with E-state index >= 15 is 0 Å². The quantitative estimate of drug-likeness (QED) is 0.622. The van der Waals surface area contributed by atoms with Crippen molar-refractivity contribution in [2.45, 2.75) is 33.6 Å². The van der Waals surface area contributed by atoms with E-state index in [1.165, 1.54) is 18.7 Å². The zero-order valence-electron chi connectivity index (χ0n) is 12.8. The van der Waals surface area contributed by atoms with Crippen LogP contribution in [0.5, 0.6) is 0 Å². The summed E-state index contributed by atoms with van der Waals surface area (Å²) in [5, 5.41) is 1.03. The second-order valence-corrected chi connectivity index (χ2v) is 6.92. The molecule has 1 atom stereocenters. The van der Waals surface area contributed by atoms with Crippen LogP contribution in [0.15, 0.2) is 30.3 Å². The molecule has 0 N–H and O–H groups in total. The van der Waals surface area contributed by atoms with E-state index < -0.39 is 0 Å². The molecule has 0 radical (unpaired) electrons. The summed E-state index contributed by atoms with van der Waals surface area (Å²) in [5.74, 6) is 2.04. The van der Waals surface area contributed by atoms with Gasteiger partial charge in [0.15, 0.2) is 0 Å². The smallest absolute Gasteiger partial charge is 0.0112 e. The van der Waals surface area contributed by atoms with Crippen LogP contribution in [0.4, 0.5) is 0 Å². The molecular weight excluding hydrogens is 298 g/mol. The predicted octanol–water partition coefficient (Wildman–Crippen LogP) is 4.78. The lowest BCUT2D eigenvalue weighted by Gasteiger charge is -2.29. The van der Waals surface area contributed by atoms with E-state index in [1.54, 1.807) is 0 Å². The van der Waals surface area contributed by atoms with Gasteiger partial charge in [-0.05, 0) is 17.4 Å². The monoisotopic (exact) mass is 325 g/mol. The average molecular weight is 326 g/mol. The average Bonchev–Trinajstić information content (AvgIpc) is 2.35. The Bertz CT molecular complexity index is 324. The minimum absolute atomic E-state index is 0.582. The second kappa shape index (κ2) is 8.76. The summed E-state index contributed by atoms with van der Waals surface area (Å²) in [7, 11) is 0. The third-order valence-corrected chi connectivity index (χ3v) is 3.96. The van der Waals surface area contributed by atoms with Crippen molar-refractivity contribution in [1.29, 1.82) is 0 Å². The maximum atomic E-state index is 3.69. The molecule has 19 heavy (non-hydrogen) atoms. The van der Waals surface area contributed by atoms with E-state index in [-0.39, 0.29) is 0 Å². The molecular formula is C17H28BrN. The molecule has 0 amide bonds. The molecule has 1 rings (SSSR count). The third-order valence-electron chi connectivity index (χ3n) is 3.18. The Balaban J connectivity index is 2.69. The predicted molar refractivity (Wildman–Crippen MR) is 89.1 cm³/mol. The molecule has 0 bridgehead atoms. The van der Waals surface area contributed by atoms with Crippen molar-refractivity contribution in [2.24, 2.45) is 11.8 Å². The first-order chi connectivity index (χ1) is 9.02. The van der Waals surface area contributed by atoms with Crippen LogP contribution in [0.3, 0.4) is 0 Å². The summed E-state index contributed by atoms with van der Waals surface area (Å²) in [4.78, 5) is 2.62. The molecule has 1 aromatic rings. The lowest BCUT2D eigenvalue weighted by atomic mass is 9.99. The molecule has 0 aromatic heterocycles. The van der Waals surface area contributed by atoms with Gasteiger partial charge in [-0.25, -0.2) is 0 Å². The zero-order valence-corrected chi connectivity index (χ0v) is 14.4. The topological polar surface area (TPSA) is 3.24 Å². The number of hydrogen-bond acceptors (Lipinski definition) is 1. The van der Waals surface area contributed by atoms with E-state index in [9.17, 15) is 0 Å². The number of benzene rings is 1. The minimum Gasteiger partial charge on any atom is -0.302 e. The minimum atomic E-state index is 0.582. The van der Waals surface area contributed by atoms with Gasteiger partial charge in [-0.3, -0.25) is 0 Å². The molecule has 108 valence electrons. The number of halogens is 1. The molecule has 1 nitrogen and oxygen atoms in total. The fourth-order valence-electron chi connectivity index (χ4n) is 2.54. The Morgan fingerprint density at radius 3 is 1.84 bits per heavy atom. The van der Waals surface area contributed by atoms with Crippen LogP contribution in [0.1, 0.15) is 39.2 Å². The number of alkyl halides is 1. The number of nitrogens with zero attached hydrogens (tertiary/aromatic N) is 1. The summed E-state index contributed by atoms with van der Waals surface area (Å²) in [6.45, 7) is 12.7. The molecule has 1 aromatic carbocycles. The lowest BCUT2D eigenvalue weighted by molar-refractivity contribution is 0.211. The number of rotatable bonds is 8. The molecule has 1 unspecified atom stereocenters. The zero-order chi connectivity index (χ0) is 14.3. The molecule has 0 aliphatic carbocycles. The lowest BCUT2D eigenvalue weighted by Crippen LogP contribution is -2.35. The summed E-state index contributed by atoms with van der Waals surface area (Å²) in [6, 6.07) is 10.9. The fraction of sp³-hybridized carbons (Fsp3) is 0.647. The molecule has 0 saturated carbocycles. The van der Waals surface area contributed by atoms with E-state index in [0.29, 0.717) is 5.92 Å². The molecule has 0 spiro atoms. The normalized spacial score (nSPS) is 13.5. The summed E-state index contributed by atoms with van der Waals surface area (Å²) in [6.07, 6.45) is 0. The first kappa shape index (κ1) is 16.7. The summed E-state index contributed by atoms with van der Waals surface area (Å²) in [5.41, 5.74) is 1.44. The number of hydrogen-bond donors (Lipinski definition) is 0. The van der Waals surface area contributed by atoms with Crippen molar-refractivity contribution in [1.82, 2.24) is 4.90 Å².